The topological polar surface area (TPSA) is 12.9 Å². The minimum atomic E-state index is -4.59. The van der Waals surface area contributed by atoms with Crippen LogP contribution in [0.4, 0.5) is 17.6 Å². The Bertz CT molecular complexity index is 574. The van der Waals surface area contributed by atoms with Crippen LogP contribution in [0.15, 0.2) is 23.6 Å². The summed E-state index contributed by atoms with van der Waals surface area (Å²) in [6, 6.07) is 2.66. The number of hydrogen-bond donors (Lipinski definition) is 0. The van der Waals surface area contributed by atoms with Crippen LogP contribution in [0.1, 0.15) is 24.6 Å². The van der Waals surface area contributed by atoms with Crippen LogP contribution in [0.2, 0.25) is 0 Å². The van der Waals surface area contributed by atoms with Crippen molar-refractivity contribution in [2.24, 2.45) is 0 Å². The van der Waals surface area contributed by atoms with Crippen LogP contribution in [-0.2, 0) is 12.6 Å². The summed E-state index contributed by atoms with van der Waals surface area (Å²) >= 11 is 1.15. The molecule has 2 aromatic rings. The molecule has 0 aliphatic rings. The standard InChI is InChI=1S/C13H11F4NS/c1-2-3-9-7-19-12(18-9)10-5-4-8(14)6-11(10)13(15,16)17/h4-7H,2-3H2,1H3. The van der Waals surface area contributed by atoms with Crippen molar-refractivity contribution in [3.8, 4) is 10.6 Å². The van der Waals surface area contributed by atoms with Gasteiger partial charge >= 0.3 is 6.18 Å². The first-order valence-corrected chi connectivity index (χ1v) is 6.61. The molecule has 1 aromatic heterocycles. The van der Waals surface area contributed by atoms with E-state index in [4.69, 9.17) is 0 Å². The van der Waals surface area contributed by atoms with Crippen LogP contribution < -0.4 is 0 Å². The summed E-state index contributed by atoms with van der Waals surface area (Å²) < 4.78 is 51.6. The lowest BCUT2D eigenvalue weighted by molar-refractivity contribution is -0.137. The predicted molar refractivity (Wildman–Crippen MR) is 66.5 cm³/mol. The van der Waals surface area contributed by atoms with Crippen molar-refractivity contribution < 1.29 is 17.6 Å². The fourth-order valence-corrected chi connectivity index (χ4v) is 2.63. The second-order valence-corrected chi connectivity index (χ2v) is 4.94. The highest BCUT2D eigenvalue weighted by Gasteiger charge is 2.34. The minimum absolute atomic E-state index is 0.0683. The van der Waals surface area contributed by atoms with Gasteiger partial charge in [-0.25, -0.2) is 9.37 Å². The van der Waals surface area contributed by atoms with Gasteiger partial charge in [-0.15, -0.1) is 11.3 Å². The van der Waals surface area contributed by atoms with E-state index in [0.717, 1.165) is 42.0 Å². The van der Waals surface area contributed by atoms with Gasteiger partial charge in [-0.1, -0.05) is 13.3 Å². The summed E-state index contributed by atoms with van der Waals surface area (Å²) in [5, 5.41) is 2.01. The molecule has 0 unspecified atom stereocenters. The first kappa shape index (κ1) is 14.0. The molecule has 0 atom stereocenters. The molecule has 0 fully saturated rings. The van der Waals surface area contributed by atoms with E-state index in [1.54, 1.807) is 5.38 Å². The molecule has 0 aliphatic heterocycles. The van der Waals surface area contributed by atoms with Gasteiger partial charge in [0.15, 0.2) is 0 Å². The van der Waals surface area contributed by atoms with Gasteiger partial charge in [-0.2, -0.15) is 13.2 Å². The number of benzene rings is 1. The van der Waals surface area contributed by atoms with Crippen molar-refractivity contribution in [1.82, 2.24) is 4.98 Å². The summed E-state index contributed by atoms with van der Waals surface area (Å²) in [7, 11) is 0. The summed E-state index contributed by atoms with van der Waals surface area (Å²) in [6.45, 7) is 1.97. The van der Waals surface area contributed by atoms with Crippen LogP contribution in [0.3, 0.4) is 0 Å². The average Bonchev–Trinajstić information content (AvgIpc) is 2.77. The molecule has 0 bridgehead atoms. The summed E-state index contributed by atoms with van der Waals surface area (Å²) in [4.78, 5) is 4.17. The van der Waals surface area contributed by atoms with Gasteiger partial charge in [0.2, 0.25) is 0 Å². The molecule has 6 heteroatoms. The Balaban J connectivity index is 2.48. The SMILES string of the molecule is CCCc1csc(-c2ccc(F)cc2C(F)(F)F)n1. The van der Waals surface area contributed by atoms with Gasteiger partial charge in [0.05, 0.1) is 11.3 Å². The van der Waals surface area contributed by atoms with E-state index in [2.05, 4.69) is 4.98 Å². The van der Waals surface area contributed by atoms with Crippen molar-refractivity contribution >= 4 is 11.3 Å². The van der Waals surface area contributed by atoms with E-state index in [9.17, 15) is 17.6 Å². The molecule has 2 rings (SSSR count). The number of nitrogens with zero attached hydrogens (tertiary/aromatic N) is 1. The first-order valence-electron chi connectivity index (χ1n) is 5.73. The largest absolute Gasteiger partial charge is 0.417 e. The molecule has 1 aromatic carbocycles. The zero-order chi connectivity index (χ0) is 14.0. The smallest absolute Gasteiger partial charge is 0.241 e. The molecule has 0 saturated heterocycles. The van der Waals surface area contributed by atoms with Gasteiger partial charge < -0.3 is 0 Å². The Morgan fingerprint density at radius 3 is 2.63 bits per heavy atom. The van der Waals surface area contributed by atoms with Gasteiger partial charge in [0, 0.05) is 10.9 Å². The van der Waals surface area contributed by atoms with E-state index in [-0.39, 0.29) is 10.6 Å². The third-order valence-corrected chi connectivity index (χ3v) is 3.50. The number of aryl methyl sites for hydroxylation is 1. The zero-order valence-corrected chi connectivity index (χ0v) is 10.9. The van der Waals surface area contributed by atoms with Crippen LogP contribution in [0, 0.1) is 5.82 Å². The predicted octanol–water partition coefficient (Wildman–Crippen LogP) is 4.92. The molecule has 1 heterocycles. The molecule has 0 radical (unpaired) electrons. The minimum Gasteiger partial charge on any atom is -0.241 e. The Kier molecular flexibility index (Phi) is 3.89. The third kappa shape index (κ3) is 3.12. The number of rotatable bonds is 3. The van der Waals surface area contributed by atoms with Crippen molar-refractivity contribution in [3.05, 3.63) is 40.7 Å². The monoisotopic (exact) mass is 289 g/mol. The fraction of sp³-hybridized carbons (Fsp3) is 0.308. The molecule has 1 nitrogen and oxygen atoms in total. The van der Waals surface area contributed by atoms with E-state index >= 15 is 0 Å². The number of alkyl halides is 3. The van der Waals surface area contributed by atoms with Gasteiger partial charge in [-0.3, -0.25) is 0 Å². The highest BCUT2D eigenvalue weighted by Crippen LogP contribution is 2.38. The molecule has 0 amide bonds. The summed E-state index contributed by atoms with van der Waals surface area (Å²) in [5.74, 6) is -0.901. The third-order valence-electron chi connectivity index (χ3n) is 2.58. The van der Waals surface area contributed by atoms with Crippen molar-refractivity contribution in [3.63, 3.8) is 0 Å². The second-order valence-electron chi connectivity index (χ2n) is 4.08. The lowest BCUT2D eigenvalue weighted by Gasteiger charge is -2.11. The van der Waals surface area contributed by atoms with Crippen LogP contribution >= 0.6 is 11.3 Å². The number of thiazole rings is 1. The molecule has 0 spiro atoms. The van der Waals surface area contributed by atoms with Gasteiger partial charge in [0.1, 0.15) is 10.8 Å². The maximum absolute atomic E-state index is 13.0. The number of halogens is 4. The second kappa shape index (κ2) is 5.28. The maximum Gasteiger partial charge on any atom is 0.417 e. The van der Waals surface area contributed by atoms with Crippen molar-refractivity contribution in [2.45, 2.75) is 25.9 Å². The molecule has 0 aliphatic carbocycles. The molecule has 0 saturated carbocycles. The van der Waals surface area contributed by atoms with Gasteiger partial charge in [0.25, 0.3) is 0 Å². The Morgan fingerprint density at radius 2 is 2.00 bits per heavy atom. The van der Waals surface area contributed by atoms with Crippen LogP contribution in [-0.4, -0.2) is 4.98 Å². The molecular weight excluding hydrogens is 278 g/mol. The Hall–Kier alpha value is -1.43. The van der Waals surface area contributed by atoms with Crippen molar-refractivity contribution in [2.75, 3.05) is 0 Å². The maximum atomic E-state index is 13.0. The Labute approximate surface area is 111 Å². The van der Waals surface area contributed by atoms with E-state index in [0.29, 0.717) is 6.07 Å². The number of hydrogen-bond acceptors (Lipinski definition) is 2. The van der Waals surface area contributed by atoms with Crippen molar-refractivity contribution in [1.29, 1.82) is 0 Å². The average molecular weight is 289 g/mol. The quantitative estimate of drug-likeness (QED) is 0.731. The summed E-state index contributed by atoms with van der Waals surface area (Å²) in [6.07, 6.45) is -2.99. The van der Waals surface area contributed by atoms with E-state index < -0.39 is 17.6 Å². The van der Waals surface area contributed by atoms with E-state index in [1.165, 1.54) is 0 Å². The fourth-order valence-electron chi connectivity index (χ4n) is 1.74. The van der Waals surface area contributed by atoms with E-state index in [1.807, 2.05) is 6.92 Å². The lowest BCUT2D eigenvalue weighted by Crippen LogP contribution is -2.07. The summed E-state index contributed by atoms with van der Waals surface area (Å²) in [5.41, 5.74) is -0.286. The Morgan fingerprint density at radius 1 is 1.26 bits per heavy atom. The van der Waals surface area contributed by atoms with Crippen LogP contribution in [0.25, 0.3) is 10.6 Å². The van der Waals surface area contributed by atoms with Gasteiger partial charge in [-0.05, 0) is 24.6 Å². The lowest BCUT2D eigenvalue weighted by atomic mass is 10.1. The van der Waals surface area contributed by atoms with Crippen LogP contribution in [0.5, 0.6) is 0 Å². The normalized spacial score (nSPS) is 11.8. The number of aromatic nitrogens is 1. The highest BCUT2D eigenvalue weighted by molar-refractivity contribution is 7.13. The highest BCUT2D eigenvalue weighted by atomic mass is 32.1. The molecule has 102 valence electrons. The zero-order valence-electron chi connectivity index (χ0n) is 10.1. The first-order chi connectivity index (χ1) is 8.91. The molecular formula is C13H11F4NS. The molecule has 19 heavy (non-hydrogen) atoms. The molecule has 0 N–H and O–H groups in total.